The molecule has 1 saturated heterocycles. The summed E-state index contributed by atoms with van der Waals surface area (Å²) >= 11 is 0. The fourth-order valence-electron chi connectivity index (χ4n) is 2.66. The summed E-state index contributed by atoms with van der Waals surface area (Å²) in [6, 6.07) is 9.30. The Labute approximate surface area is 116 Å². The minimum atomic E-state index is 0.201. The van der Waals surface area contributed by atoms with Crippen LogP contribution >= 0.6 is 0 Å². The molecule has 0 aliphatic carbocycles. The van der Waals surface area contributed by atoms with Gasteiger partial charge in [-0.25, -0.2) is 0 Å². The first-order valence-corrected chi connectivity index (χ1v) is 7.21. The highest BCUT2D eigenvalue weighted by atomic mass is 16.3. The molecular formula is C16H26N2O. The highest BCUT2D eigenvalue weighted by Gasteiger charge is 2.22. The van der Waals surface area contributed by atoms with Crippen LogP contribution in [0, 0.1) is 0 Å². The van der Waals surface area contributed by atoms with Crippen molar-refractivity contribution in [2.24, 2.45) is 0 Å². The lowest BCUT2D eigenvalue weighted by atomic mass is 9.87. The molecule has 1 fully saturated rings. The van der Waals surface area contributed by atoms with Crippen molar-refractivity contribution < 1.29 is 5.11 Å². The van der Waals surface area contributed by atoms with Gasteiger partial charge in [-0.05, 0) is 29.5 Å². The van der Waals surface area contributed by atoms with Crippen molar-refractivity contribution in [2.45, 2.75) is 38.6 Å². The second-order valence-corrected chi connectivity index (χ2v) is 6.36. The monoisotopic (exact) mass is 262 g/mol. The molecular weight excluding hydrogens is 236 g/mol. The summed E-state index contributed by atoms with van der Waals surface area (Å²) in [6.45, 7) is 9.96. The molecule has 106 valence electrons. The molecule has 0 radical (unpaired) electrons. The quantitative estimate of drug-likeness (QED) is 0.876. The van der Waals surface area contributed by atoms with Crippen LogP contribution in [0.15, 0.2) is 24.3 Å². The molecule has 1 aromatic rings. The summed E-state index contributed by atoms with van der Waals surface area (Å²) in [5.41, 5.74) is 2.84. The summed E-state index contributed by atoms with van der Waals surface area (Å²) in [4.78, 5) is 2.42. The topological polar surface area (TPSA) is 35.5 Å². The van der Waals surface area contributed by atoms with Crippen LogP contribution in [0.1, 0.15) is 32.8 Å². The summed E-state index contributed by atoms with van der Waals surface area (Å²) in [7, 11) is 0. The maximum absolute atomic E-state index is 9.18. The number of nitrogens with one attached hydrogen (secondary N) is 1. The molecule has 0 amide bonds. The maximum Gasteiger partial charge on any atom is 0.0451 e. The standard InChI is InChI=1S/C16H26N2O/c1-16(2,3)13-4-6-14(7-5-13)18-10-9-17-12-15(18)8-11-19/h4-7,15,17,19H,8-12H2,1-3H3. The van der Waals surface area contributed by atoms with Gasteiger partial charge in [0.05, 0.1) is 0 Å². The van der Waals surface area contributed by atoms with Crippen LogP contribution in [-0.2, 0) is 5.41 Å². The SMILES string of the molecule is CC(C)(C)c1ccc(N2CCNCC2CCO)cc1. The highest BCUT2D eigenvalue weighted by molar-refractivity contribution is 5.50. The van der Waals surface area contributed by atoms with Gasteiger partial charge in [0.2, 0.25) is 0 Å². The Bertz CT molecular complexity index is 392. The normalized spacial score (nSPS) is 20.6. The van der Waals surface area contributed by atoms with E-state index in [1.807, 2.05) is 0 Å². The van der Waals surface area contributed by atoms with E-state index >= 15 is 0 Å². The maximum atomic E-state index is 9.18. The zero-order chi connectivity index (χ0) is 13.9. The average molecular weight is 262 g/mol. The van der Waals surface area contributed by atoms with E-state index < -0.39 is 0 Å². The molecule has 1 aromatic carbocycles. The van der Waals surface area contributed by atoms with E-state index in [1.165, 1.54) is 11.3 Å². The largest absolute Gasteiger partial charge is 0.396 e. The lowest BCUT2D eigenvalue weighted by molar-refractivity contribution is 0.266. The van der Waals surface area contributed by atoms with E-state index in [0.717, 1.165) is 26.1 Å². The molecule has 2 rings (SSSR count). The number of rotatable bonds is 3. The molecule has 1 heterocycles. The van der Waals surface area contributed by atoms with Gasteiger partial charge in [-0.1, -0.05) is 32.9 Å². The molecule has 0 aromatic heterocycles. The van der Waals surface area contributed by atoms with Gasteiger partial charge in [0.15, 0.2) is 0 Å². The fourth-order valence-corrected chi connectivity index (χ4v) is 2.66. The van der Waals surface area contributed by atoms with E-state index in [4.69, 9.17) is 0 Å². The fraction of sp³-hybridized carbons (Fsp3) is 0.625. The molecule has 1 unspecified atom stereocenters. The predicted octanol–water partition coefficient (Wildman–Crippen LogP) is 2.14. The van der Waals surface area contributed by atoms with Gasteiger partial charge in [-0.3, -0.25) is 0 Å². The van der Waals surface area contributed by atoms with Crippen LogP contribution in [0.2, 0.25) is 0 Å². The Balaban J connectivity index is 2.15. The van der Waals surface area contributed by atoms with E-state index in [9.17, 15) is 5.11 Å². The third-order valence-corrected chi connectivity index (χ3v) is 3.88. The summed E-state index contributed by atoms with van der Waals surface area (Å²) in [5, 5.41) is 12.6. The van der Waals surface area contributed by atoms with Gasteiger partial charge in [-0.15, -0.1) is 0 Å². The summed E-state index contributed by atoms with van der Waals surface area (Å²) in [5.74, 6) is 0. The molecule has 19 heavy (non-hydrogen) atoms. The van der Waals surface area contributed by atoms with E-state index in [-0.39, 0.29) is 12.0 Å². The number of aliphatic hydroxyl groups excluding tert-OH is 1. The Hall–Kier alpha value is -1.06. The number of piperazine rings is 1. The Morgan fingerprint density at radius 1 is 1.26 bits per heavy atom. The van der Waals surface area contributed by atoms with E-state index in [1.54, 1.807) is 0 Å². The lowest BCUT2D eigenvalue weighted by Gasteiger charge is -2.38. The minimum absolute atomic E-state index is 0.201. The number of nitrogens with zero attached hydrogens (tertiary/aromatic N) is 1. The van der Waals surface area contributed by atoms with Crippen molar-refractivity contribution in [3.05, 3.63) is 29.8 Å². The van der Waals surface area contributed by atoms with Gasteiger partial charge in [-0.2, -0.15) is 0 Å². The summed E-state index contributed by atoms with van der Waals surface area (Å²) < 4.78 is 0. The number of hydrogen-bond acceptors (Lipinski definition) is 3. The third kappa shape index (κ3) is 3.48. The van der Waals surface area contributed by atoms with Gasteiger partial charge < -0.3 is 15.3 Å². The zero-order valence-electron chi connectivity index (χ0n) is 12.3. The van der Waals surface area contributed by atoms with Crippen molar-refractivity contribution in [1.29, 1.82) is 0 Å². The number of anilines is 1. The summed E-state index contributed by atoms with van der Waals surface area (Å²) in [6.07, 6.45) is 0.827. The van der Waals surface area contributed by atoms with Crippen LogP contribution in [0.5, 0.6) is 0 Å². The molecule has 0 saturated carbocycles. The van der Waals surface area contributed by atoms with Crippen molar-refractivity contribution >= 4 is 5.69 Å². The van der Waals surface area contributed by atoms with Crippen molar-refractivity contribution in [3.8, 4) is 0 Å². The minimum Gasteiger partial charge on any atom is -0.396 e. The van der Waals surface area contributed by atoms with Crippen LogP contribution in [0.4, 0.5) is 5.69 Å². The Kier molecular flexibility index (Phi) is 4.48. The molecule has 3 heteroatoms. The molecule has 2 N–H and O–H groups in total. The van der Waals surface area contributed by atoms with Crippen LogP contribution < -0.4 is 10.2 Å². The van der Waals surface area contributed by atoms with Gasteiger partial charge in [0, 0.05) is 38.0 Å². The predicted molar refractivity (Wildman–Crippen MR) is 80.8 cm³/mol. The van der Waals surface area contributed by atoms with Crippen molar-refractivity contribution in [1.82, 2.24) is 5.32 Å². The smallest absolute Gasteiger partial charge is 0.0451 e. The molecule has 1 aliphatic heterocycles. The zero-order valence-corrected chi connectivity index (χ0v) is 12.3. The third-order valence-electron chi connectivity index (χ3n) is 3.88. The number of aliphatic hydroxyl groups is 1. The molecule has 0 spiro atoms. The lowest BCUT2D eigenvalue weighted by Crippen LogP contribution is -2.51. The highest BCUT2D eigenvalue weighted by Crippen LogP contribution is 2.26. The molecule has 1 atom stereocenters. The van der Waals surface area contributed by atoms with Gasteiger partial charge in [0.25, 0.3) is 0 Å². The Morgan fingerprint density at radius 3 is 2.53 bits per heavy atom. The first-order chi connectivity index (χ1) is 9.02. The number of hydrogen-bond donors (Lipinski definition) is 2. The molecule has 0 bridgehead atoms. The van der Waals surface area contributed by atoms with Crippen LogP contribution in [-0.4, -0.2) is 37.4 Å². The second kappa shape index (κ2) is 5.93. The Morgan fingerprint density at radius 2 is 1.95 bits per heavy atom. The van der Waals surface area contributed by atoms with Crippen LogP contribution in [0.3, 0.4) is 0 Å². The first-order valence-electron chi connectivity index (χ1n) is 7.21. The molecule has 1 aliphatic rings. The van der Waals surface area contributed by atoms with Gasteiger partial charge >= 0.3 is 0 Å². The molecule has 3 nitrogen and oxygen atoms in total. The average Bonchev–Trinajstić information content (AvgIpc) is 2.39. The van der Waals surface area contributed by atoms with Gasteiger partial charge in [0.1, 0.15) is 0 Å². The number of benzene rings is 1. The second-order valence-electron chi connectivity index (χ2n) is 6.36. The van der Waals surface area contributed by atoms with E-state index in [2.05, 4.69) is 55.3 Å². The van der Waals surface area contributed by atoms with Crippen LogP contribution in [0.25, 0.3) is 0 Å². The van der Waals surface area contributed by atoms with Crippen molar-refractivity contribution in [2.75, 3.05) is 31.1 Å². The van der Waals surface area contributed by atoms with E-state index in [0.29, 0.717) is 6.04 Å². The first kappa shape index (κ1) is 14.4. The van der Waals surface area contributed by atoms with Crippen molar-refractivity contribution in [3.63, 3.8) is 0 Å².